The first-order valence-electron chi connectivity index (χ1n) is 14.9. The number of aromatic carboxylic acids is 1. The molecule has 1 amide bonds. The molecule has 1 saturated heterocycles. The molecule has 4 N–H and O–H groups in total. The molecule has 0 saturated carbocycles. The van der Waals surface area contributed by atoms with Gasteiger partial charge >= 0.3 is 11.9 Å². The van der Waals surface area contributed by atoms with E-state index in [1.54, 1.807) is 36.0 Å². The Bertz CT molecular complexity index is 1640. The van der Waals surface area contributed by atoms with Gasteiger partial charge in [0, 0.05) is 35.6 Å². The molecular weight excluding hydrogens is 606 g/mol. The van der Waals surface area contributed by atoms with Crippen LogP contribution in [0.3, 0.4) is 0 Å². The van der Waals surface area contributed by atoms with E-state index in [1.807, 2.05) is 72.8 Å². The average molecular weight is 642 g/mol. The minimum Gasteiger partial charge on any atom is -0.481 e. The second-order valence-corrected chi connectivity index (χ2v) is 12.0. The number of rotatable bonds is 13. The third-order valence-electron chi connectivity index (χ3n) is 7.71. The van der Waals surface area contributed by atoms with Crippen molar-refractivity contribution in [1.29, 1.82) is 0 Å². The van der Waals surface area contributed by atoms with Gasteiger partial charge in [0.1, 0.15) is 0 Å². The van der Waals surface area contributed by atoms with Gasteiger partial charge in [-0.15, -0.1) is 11.8 Å². The Morgan fingerprint density at radius 1 is 0.804 bits per heavy atom. The van der Waals surface area contributed by atoms with Crippen LogP contribution in [0.5, 0.6) is 0 Å². The van der Waals surface area contributed by atoms with Crippen LogP contribution >= 0.6 is 11.8 Å². The first-order valence-corrected chi connectivity index (χ1v) is 15.9. The average Bonchev–Trinajstić information content (AvgIpc) is 3.09. The van der Waals surface area contributed by atoms with E-state index < -0.39 is 18.2 Å². The molecule has 1 fully saturated rings. The zero-order chi connectivity index (χ0) is 32.5. The Hall–Kier alpha value is -4.48. The Balaban J connectivity index is 1.31. The Morgan fingerprint density at radius 3 is 2.17 bits per heavy atom. The highest BCUT2D eigenvalue weighted by Crippen LogP contribution is 2.40. The van der Waals surface area contributed by atoms with Crippen LogP contribution in [0.2, 0.25) is 0 Å². The van der Waals surface area contributed by atoms with Crippen molar-refractivity contribution in [2.75, 3.05) is 5.75 Å². The van der Waals surface area contributed by atoms with Crippen molar-refractivity contribution >= 4 is 29.6 Å². The number of benzene rings is 4. The van der Waals surface area contributed by atoms with Crippen molar-refractivity contribution in [3.63, 3.8) is 0 Å². The number of thioether (sulfide) groups is 1. The van der Waals surface area contributed by atoms with Crippen molar-refractivity contribution in [1.82, 2.24) is 5.32 Å². The van der Waals surface area contributed by atoms with Crippen LogP contribution in [0, 0.1) is 0 Å². The molecule has 238 valence electrons. The lowest BCUT2D eigenvalue weighted by Gasteiger charge is -2.36. The molecule has 0 spiro atoms. The molecule has 9 nitrogen and oxygen atoms in total. The van der Waals surface area contributed by atoms with E-state index in [0.29, 0.717) is 12.2 Å². The zero-order valence-electron chi connectivity index (χ0n) is 25.0. The standard InChI is InChI=1S/C36H35NO8S/c38-21-23-5-7-25(8-6-23)32-19-29(22-46-30-15-13-26(14-16-30)35(42)43)44-36(45-32)27-11-9-24(10-12-27)31-4-2-1-3-28(31)20-37-33(39)17-18-34(40)41/h1-16,29,32,36,38H,17-22H2,(H,37,39)(H,40,41)(H,42,43)/t29-,32+,36+/m0/s1. The number of aliphatic carboxylic acids is 1. The van der Waals surface area contributed by atoms with Gasteiger partial charge in [-0.3, -0.25) is 9.59 Å². The van der Waals surface area contributed by atoms with Crippen molar-refractivity contribution in [2.45, 2.75) is 55.8 Å². The van der Waals surface area contributed by atoms with Crippen LogP contribution < -0.4 is 5.32 Å². The molecule has 0 bridgehead atoms. The zero-order valence-corrected chi connectivity index (χ0v) is 25.8. The molecule has 4 aromatic rings. The number of nitrogens with one attached hydrogen (secondary N) is 1. The molecule has 0 aromatic heterocycles. The number of hydrogen-bond acceptors (Lipinski definition) is 7. The Kier molecular flexibility index (Phi) is 11.2. The van der Waals surface area contributed by atoms with E-state index in [-0.39, 0.29) is 49.7 Å². The van der Waals surface area contributed by atoms with Crippen LogP contribution in [0.4, 0.5) is 0 Å². The van der Waals surface area contributed by atoms with E-state index in [4.69, 9.17) is 14.6 Å². The van der Waals surface area contributed by atoms with Gasteiger partial charge in [0.05, 0.1) is 30.8 Å². The highest BCUT2D eigenvalue weighted by atomic mass is 32.2. The lowest BCUT2D eigenvalue weighted by atomic mass is 9.97. The predicted molar refractivity (Wildman–Crippen MR) is 173 cm³/mol. The summed E-state index contributed by atoms with van der Waals surface area (Å²) in [5.74, 6) is -1.65. The van der Waals surface area contributed by atoms with E-state index in [1.165, 1.54) is 0 Å². The van der Waals surface area contributed by atoms with E-state index in [9.17, 15) is 24.6 Å². The number of hydrogen-bond donors (Lipinski definition) is 4. The van der Waals surface area contributed by atoms with Gasteiger partial charge in [-0.25, -0.2) is 4.79 Å². The van der Waals surface area contributed by atoms with Gasteiger partial charge in [0.2, 0.25) is 5.91 Å². The molecule has 5 rings (SSSR count). The Labute approximate surface area is 271 Å². The van der Waals surface area contributed by atoms with Crippen molar-refractivity contribution in [3.8, 4) is 11.1 Å². The molecule has 10 heteroatoms. The van der Waals surface area contributed by atoms with Gasteiger partial charge < -0.3 is 30.1 Å². The molecule has 1 aliphatic rings. The highest BCUT2D eigenvalue weighted by molar-refractivity contribution is 7.99. The van der Waals surface area contributed by atoms with Crippen LogP contribution in [-0.4, -0.2) is 45.0 Å². The largest absolute Gasteiger partial charge is 0.481 e. The summed E-state index contributed by atoms with van der Waals surface area (Å²) in [6.45, 7) is 0.240. The van der Waals surface area contributed by atoms with E-state index in [2.05, 4.69) is 5.32 Å². The summed E-state index contributed by atoms with van der Waals surface area (Å²) in [6.07, 6.45) is -0.689. The van der Waals surface area contributed by atoms with Gasteiger partial charge in [-0.2, -0.15) is 0 Å². The van der Waals surface area contributed by atoms with Gasteiger partial charge in [0.25, 0.3) is 0 Å². The number of carbonyl (C=O) groups excluding carboxylic acids is 1. The number of aliphatic hydroxyl groups is 1. The minimum absolute atomic E-state index is 0.0377. The molecule has 0 aliphatic carbocycles. The number of ether oxygens (including phenoxy) is 2. The summed E-state index contributed by atoms with van der Waals surface area (Å²) in [4.78, 5) is 35.1. The Morgan fingerprint density at radius 2 is 1.50 bits per heavy atom. The lowest BCUT2D eigenvalue weighted by Crippen LogP contribution is -2.31. The third kappa shape index (κ3) is 8.82. The summed E-state index contributed by atoms with van der Waals surface area (Å²) >= 11 is 1.59. The maximum absolute atomic E-state index is 12.1. The normalized spacial score (nSPS) is 17.7. The molecule has 0 radical (unpaired) electrons. The fourth-order valence-corrected chi connectivity index (χ4v) is 6.11. The van der Waals surface area contributed by atoms with Crippen LogP contribution in [0.1, 0.15) is 64.3 Å². The maximum Gasteiger partial charge on any atom is 0.335 e. The first kappa shape index (κ1) is 32.9. The SMILES string of the molecule is O=C(O)CCC(=O)NCc1ccccc1-c1ccc([C@@H]2O[C@H](CSc3ccc(C(=O)O)cc3)C[C@H](c3ccc(CO)cc3)O2)cc1. The summed E-state index contributed by atoms with van der Waals surface area (Å²) < 4.78 is 12.9. The smallest absolute Gasteiger partial charge is 0.335 e. The second-order valence-electron chi connectivity index (χ2n) is 10.9. The predicted octanol–water partition coefficient (Wildman–Crippen LogP) is 6.36. The summed E-state index contributed by atoms with van der Waals surface area (Å²) in [5.41, 5.74) is 5.70. The number of aliphatic hydroxyl groups excluding tert-OH is 1. The summed E-state index contributed by atoms with van der Waals surface area (Å²) in [6, 6.07) is 30.1. The first-order chi connectivity index (χ1) is 22.3. The van der Waals surface area contributed by atoms with Crippen LogP contribution in [0.25, 0.3) is 11.1 Å². The van der Waals surface area contributed by atoms with E-state index >= 15 is 0 Å². The quantitative estimate of drug-likeness (QED) is 0.123. The number of amides is 1. The van der Waals surface area contributed by atoms with Crippen molar-refractivity contribution in [2.24, 2.45) is 0 Å². The highest BCUT2D eigenvalue weighted by Gasteiger charge is 2.32. The third-order valence-corrected chi connectivity index (χ3v) is 8.85. The fourth-order valence-electron chi connectivity index (χ4n) is 5.18. The topological polar surface area (TPSA) is 142 Å². The number of carbonyl (C=O) groups is 3. The molecule has 3 atom stereocenters. The summed E-state index contributed by atoms with van der Waals surface area (Å²) in [7, 11) is 0. The van der Waals surface area contributed by atoms with Crippen molar-refractivity contribution < 1.29 is 39.2 Å². The number of carboxylic acids is 2. The molecule has 0 unspecified atom stereocenters. The lowest BCUT2D eigenvalue weighted by molar-refractivity contribution is -0.245. The van der Waals surface area contributed by atoms with Crippen LogP contribution in [0.15, 0.2) is 102 Å². The maximum atomic E-state index is 12.1. The molecular formula is C36H35NO8S. The van der Waals surface area contributed by atoms with Gasteiger partial charge in [0.15, 0.2) is 6.29 Å². The van der Waals surface area contributed by atoms with Gasteiger partial charge in [-0.05, 0) is 52.1 Å². The van der Waals surface area contributed by atoms with Crippen LogP contribution in [-0.2, 0) is 32.2 Å². The molecule has 1 heterocycles. The van der Waals surface area contributed by atoms with Gasteiger partial charge in [-0.1, -0.05) is 72.8 Å². The second kappa shape index (κ2) is 15.7. The monoisotopic (exact) mass is 641 g/mol. The minimum atomic E-state index is -1.01. The van der Waals surface area contributed by atoms with E-state index in [0.717, 1.165) is 38.3 Å². The summed E-state index contributed by atoms with van der Waals surface area (Å²) in [5, 5.41) is 30.3. The molecule has 1 aliphatic heterocycles. The number of carboxylic acid groups (broad SMARTS) is 2. The molecule has 46 heavy (non-hydrogen) atoms. The van der Waals surface area contributed by atoms with Crippen molar-refractivity contribution in [3.05, 3.63) is 125 Å². The fraction of sp³-hybridized carbons (Fsp3) is 0.250. The molecule has 4 aromatic carbocycles.